The highest BCUT2D eigenvalue weighted by molar-refractivity contribution is 7.14. The number of hydrogen-bond acceptors (Lipinski definition) is 4. The fourth-order valence-electron chi connectivity index (χ4n) is 1.36. The van der Waals surface area contributed by atoms with Gasteiger partial charge in [-0.15, -0.1) is 10.2 Å². The van der Waals surface area contributed by atoms with E-state index in [1.807, 2.05) is 7.05 Å². The zero-order chi connectivity index (χ0) is 12.3. The molecule has 2 rings (SSSR count). The van der Waals surface area contributed by atoms with Crippen molar-refractivity contribution in [1.29, 1.82) is 0 Å². The first kappa shape index (κ1) is 12.4. The lowest BCUT2D eigenvalue weighted by Gasteiger charge is -1.99. The quantitative estimate of drug-likeness (QED) is 0.929. The SMILES string of the molecule is CNCCc1nnc(-c2cccc(F)c2Cl)s1. The Hall–Kier alpha value is -1.04. The highest BCUT2D eigenvalue weighted by atomic mass is 35.5. The van der Waals surface area contributed by atoms with Crippen molar-refractivity contribution in [3.63, 3.8) is 0 Å². The van der Waals surface area contributed by atoms with Gasteiger partial charge in [-0.2, -0.15) is 0 Å². The number of hydrogen-bond donors (Lipinski definition) is 1. The molecule has 3 nitrogen and oxygen atoms in total. The lowest BCUT2D eigenvalue weighted by atomic mass is 10.2. The molecule has 0 unspecified atom stereocenters. The predicted octanol–water partition coefficient (Wildman–Crippen LogP) is 2.76. The Balaban J connectivity index is 2.27. The molecular formula is C11H11ClFN3S. The summed E-state index contributed by atoms with van der Waals surface area (Å²) in [4.78, 5) is 0. The van der Waals surface area contributed by atoms with Gasteiger partial charge >= 0.3 is 0 Å². The van der Waals surface area contributed by atoms with Gasteiger partial charge in [0.05, 0.1) is 5.02 Å². The third-order valence-corrected chi connectivity index (χ3v) is 3.64. The minimum absolute atomic E-state index is 0.101. The van der Waals surface area contributed by atoms with Crippen LogP contribution in [-0.2, 0) is 6.42 Å². The molecule has 0 spiro atoms. The molecule has 0 aliphatic rings. The monoisotopic (exact) mass is 271 g/mol. The van der Waals surface area contributed by atoms with Crippen molar-refractivity contribution in [2.75, 3.05) is 13.6 Å². The largest absolute Gasteiger partial charge is 0.319 e. The zero-order valence-electron chi connectivity index (χ0n) is 9.20. The molecule has 0 saturated heterocycles. The zero-order valence-corrected chi connectivity index (χ0v) is 10.8. The summed E-state index contributed by atoms with van der Waals surface area (Å²) >= 11 is 7.33. The van der Waals surface area contributed by atoms with Gasteiger partial charge in [-0.3, -0.25) is 0 Å². The van der Waals surface area contributed by atoms with Crippen molar-refractivity contribution in [2.24, 2.45) is 0 Å². The minimum Gasteiger partial charge on any atom is -0.319 e. The van der Waals surface area contributed by atoms with Gasteiger partial charge in [0, 0.05) is 18.5 Å². The summed E-state index contributed by atoms with van der Waals surface area (Å²) in [7, 11) is 1.88. The van der Waals surface area contributed by atoms with Crippen LogP contribution in [0.2, 0.25) is 5.02 Å². The van der Waals surface area contributed by atoms with E-state index in [2.05, 4.69) is 15.5 Å². The number of halogens is 2. The second kappa shape index (κ2) is 5.53. The van der Waals surface area contributed by atoms with E-state index in [0.29, 0.717) is 10.6 Å². The minimum atomic E-state index is -0.434. The number of benzene rings is 1. The van der Waals surface area contributed by atoms with E-state index in [4.69, 9.17) is 11.6 Å². The molecule has 1 aromatic heterocycles. The van der Waals surface area contributed by atoms with Crippen molar-refractivity contribution in [3.8, 4) is 10.6 Å². The lowest BCUT2D eigenvalue weighted by molar-refractivity contribution is 0.628. The van der Waals surface area contributed by atoms with Crippen LogP contribution in [0.5, 0.6) is 0 Å². The maximum atomic E-state index is 13.3. The summed E-state index contributed by atoms with van der Waals surface area (Å²) in [6, 6.07) is 4.69. The normalized spacial score (nSPS) is 10.8. The van der Waals surface area contributed by atoms with Gasteiger partial charge in [0.25, 0.3) is 0 Å². The molecule has 0 fully saturated rings. The standard InChI is InChI=1S/C11H11ClFN3S/c1-14-6-5-9-15-16-11(17-9)7-3-2-4-8(13)10(7)12/h2-4,14H,5-6H2,1H3. The fraction of sp³-hybridized carbons (Fsp3) is 0.273. The van der Waals surface area contributed by atoms with Gasteiger partial charge in [0.15, 0.2) is 0 Å². The highest BCUT2D eigenvalue weighted by Crippen LogP contribution is 2.31. The molecule has 1 heterocycles. The predicted molar refractivity (Wildman–Crippen MR) is 67.9 cm³/mol. The van der Waals surface area contributed by atoms with Gasteiger partial charge in [-0.1, -0.05) is 35.1 Å². The Bertz CT molecular complexity index is 515. The van der Waals surface area contributed by atoms with Crippen LogP contribution in [-0.4, -0.2) is 23.8 Å². The molecule has 1 N–H and O–H groups in total. The maximum absolute atomic E-state index is 13.3. The number of nitrogens with zero attached hydrogens (tertiary/aromatic N) is 2. The van der Waals surface area contributed by atoms with Crippen LogP contribution >= 0.6 is 22.9 Å². The van der Waals surface area contributed by atoms with Crippen LogP contribution in [0.15, 0.2) is 18.2 Å². The Morgan fingerprint density at radius 2 is 2.24 bits per heavy atom. The van der Waals surface area contributed by atoms with E-state index < -0.39 is 5.82 Å². The topological polar surface area (TPSA) is 37.8 Å². The Labute approximate surface area is 108 Å². The van der Waals surface area contributed by atoms with E-state index >= 15 is 0 Å². The van der Waals surface area contributed by atoms with E-state index in [9.17, 15) is 4.39 Å². The van der Waals surface area contributed by atoms with Crippen LogP contribution in [0.1, 0.15) is 5.01 Å². The van der Waals surface area contributed by atoms with Gasteiger partial charge in [-0.05, 0) is 13.1 Å². The van der Waals surface area contributed by atoms with E-state index in [0.717, 1.165) is 18.0 Å². The first-order chi connectivity index (χ1) is 8.22. The van der Waals surface area contributed by atoms with Gasteiger partial charge in [0.2, 0.25) is 0 Å². The number of aromatic nitrogens is 2. The van der Waals surface area contributed by atoms with Crippen molar-refractivity contribution in [2.45, 2.75) is 6.42 Å². The molecule has 0 atom stereocenters. The summed E-state index contributed by atoms with van der Waals surface area (Å²) in [6.07, 6.45) is 0.807. The van der Waals surface area contributed by atoms with Crippen molar-refractivity contribution < 1.29 is 4.39 Å². The number of likely N-dealkylation sites (N-methyl/N-ethyl adjacent to an activating group) is 1. The third-order valence-electron chi connectivity index (χ3n) is 2.24. The van der Waals surface area contributed by atoms with E-state index in [-0.39, 0.29) is 5.02 Å². The van der Waals surface area contributed by atoms with Crippen LogP contribution in [0.25, 0.3) is 10.6 Å². The molecule has 0 bridgehead atoms. The van der Waals surface area contributed by atoms with Crippen molar-refractivity contribution >= 4 is 22.9 Å². The van der Waals surface area contributed by atoms with Gasteiger partial charge < -0.3 is 5.32 Å². The maximum Gasteiger partial charge on any atom is 0.149 e. The molecule has 2 aromatic rings. The van der Waals surface area contributed by atoms with Gasteiger partial charge in [0.1, 0.15) is 15.8 Å². The summed E-state index contributed by atoms with van der Waals surface area (Å²) in [5.41, 5.74) is 0.597. The summed E-state index contributed by atoms with van der Waals surface area (Å²) in [5, 5.41) is 12.8. The summed E-state index contributed by atoms with van der Waals surface area (Å²) < 4.78 is 13.3. The molecule has 0 aliphatic carbocycles. The van der Waals surface area contributed by atoms with Crippen LogP contribution in [0.4, 0.5) is 4.39 Å². The van der Waals surface area contributed by atoms with E-state index in [1.165, 1.54) is 17.4 Å². The highest BCUT2D eigenvalue weighted by Gasteiger charge is 2.12. The fourth-order valence-corrected chi connectivity index (χ4v) is 2.51. The molecule has 1 aromatic carbocycles. The summed E-state index contributed by atoms with van der Waals surface area (Å²) in [6.45, 7) is 0.839. The molecule has 90 valence electrons. The third kappa shape index (κ3) is 2.80. The first-order valence-corrected chi connectivity index (χ1v) is 6.33. The second-order valence-corrected chi connectivity index (χ2v) is 4.90. The Morgan fingerprint density at radius 3 is 3.00 bits per heavy atom. The first-order valence-electron chi connectivity index (χ1n) is 5.13. The number of rotatable bonds is 4. The van der Waals surface area contributed by atoms with Crippen molar-refractivity contribution in [1.82, 2.24) is 15.5 Å². The van der Waals surface area contributed by atoms with Gasteiger partial charge in [-0.25, -0.2) is 4.39 Å². The molecule has 6 heteroatoms. The molecule has 0 saturated carbocycles. The average molecular weight is 272 g/mol. The smallest absolute Gasteiger partial charge is 0.149 e. The van der Waals surface area contributed by atoms with Crippen LogP contribution in [0, 0.1) is 5.82 Å². The van der Waals surface area contributed by atoms with Crippen LogP contribution < -0.4 is 5.32 Å². The second-order valence-electron chi connectivity index (χ2n) is 3.46. The molecule has 0 radical (unpaired) electrons. The molecule has 17 heavy (non-hydrogen) atoms. The average Bonchev–Trinajstić information content (AvgIpc) is 2.78. The molecule has 0 aliphatic heterocycles. The lowest BCUT2D eigenvalue weighted by Crippen LogP contribution is -2.09. The molecular weight excluding hydrogens is 261 g/mol. The van der Waals surface area contributed by atoms with E-state index in [1.54, 1.807) is 12.1 Å². The number of nitrogens with one attached hydrogen (secondary N) is 1. The van der Waals surface area contributed by atoms with Crippen molar-refractivity contribution in [3.05, 3.63) is 34.0 Å². The Morgan fingerprint density at radius 1 is 1.41 bits per heavy atom. The Kier molecular flexibility index (Phi) is 4.04. The van der Waals surface area contributed by atoms with Crippen LogP contribution in [0.3, 0.4) is 0 Å². The molecule has 0 amide bonds. The summed E-state index contributed by atoms with van der Waals surface area (Å²) in [5.74, 6) is -0.434.